The average Bonchev–Trinajstić information content (AvgIpc) is 2.86. The first-order valence-electron chi connectivity index (χ1n) is 4.25. The lowest BCUT2D eigenvalue weighted by molar-refractivity contribution is 0.203. The molecule has 1 aliphatic rings. The van der Waals surface area contributed by atoms with E-state index >= 15 is 0 Å². The van der Waals surface area contributed by atoms with Crippen molar-refractivity contribution in [3.8, 4) is 0 Å². The number of rotatable bonds is 4. The van der Waals surface area contributed by atoms with Gasteiger partial charge in [-0.05, 0) is 25.1 Å². The first-order valence-corrected chi connectivity index (χ1v) is 4.66. The Morgan fingerprint density at radius 2 is 2.33 bits per heavy atom. The summed E-state index contributed by atoms with van der Waals surface area (Å²) in [6.07, 6.45) is 2.56. The van der Waals surface area contributed by atoms with E-state index in [4.69, 9.17) is 17.0 Å². The molecule has 0 aromatic heterocycles. The summed E-state index contributed by atoms with van der Waals surface area (Å²) in [6, 6.07) is 0.688. The van der Waals surface area contributed by atoms with E-state index in [0.717, 1.165) is 11.7 Å². The predicted molar refractivity (Wildman–Crippen MR) is 53.3 cm³/mol. The Balaban J connectivity index is 2.09. The van der Waals surface area contributed by atoms with E-state index in [1.54, 1.807) is 7.11 Å². The molecule has 4 heteroatoms. The molecule has 0 aliphatic heterocycles. The quantitative estimate of drug-likeness (QED) is 0.516. The van der Waals surface area contributed by atoms with Crippen molar-refractivity contribution in [2.75, 3.05) is 27.3 Å². The normalized spacial score (nSPS) is 15.8. The van der Waals surface area contributed by atoms with Gasteiger partial charge in [0.25, 0.3) is 0 Å². The van der Waals surface area contributed by atoms with Gasteiger partial charge in [0.15, 0.2) is 5.11 Å². The Labute approximate surface area is 79.1 Å². The highest BCUT2D eigenvalue weighted by molar-refractivity contribution is 7.80. The molecule has 0 radical (unpaired) electrons. The van der Waals surface area contributed by atoms with Gasteiger partial charge in [-0.25, -0.2) is 0 Å². The van der Waals surface area contributed by atoms with Crippen LogP contribution in [0.2, 0.25) is 0 Å². The van der Waals surface area contributed by atoms with Crippen molar-refractivity contribution in [1.82, 2.24) is 10.2 Å². The number of nitrogens with one attached hydrogen (secondary N) is 1. The first-order chi connectivity index (χ1) is 5.75. The molecule has 0 amide bonds. The Hall–Kier alpha value is -0.350. The Bertz CT molecular complexity index is 159. The maximum Gasteiger partial charge on any atom is 0.169 e. The van der Waals surface area contributed by atoms with Crippen LogP contribution < -0.4 is 5.32 Å². The molecule has 0 aromatic carbocycles. The van der Waals surface area contributed by atoms with Gasteiger partial charge in [0.05, 0.1) is 6.61 Å². The van der Waals surface area contributed by atoms with Crippen LogP contribution in [0.15, 0.2) is 0 Å². The fraction of sp³-hybridized carbons (Fsp3) is 0.875. The highest BCUT2D eigenvalue weighted by atomic mass is 32.1. The van der Waals surface area contributed by atoms with Gasteiger partial charge in [-0.2, -0.15) is 0 Å². The van der Waals surface area contributed by atoms with Gasteiger partial charge in [0.2, 0.25) is 0 Å². The minimum absolute atomic E-state index is 0.688. The molecule has 1 fully saturated rings. The number of hydrogen-bond acceptors (Lipinski definition) is 2. The summed E-state index contributed by atoms with van der Waals surface area (Å²) in [6.45, 7) is 1.50. The second-order valence-corrected chi connectivity index (χ2v) is 3.45. The summed E-state index contributed by atoms with van der Waals surface area (Å²) >= 11 is 5.17. The van der Waals surface area contributed by atoms with Gasteiger partial charge < -0.3 is 15.0 Å². The zero-order valence-corrected chi connectivity index (χ0v) is 8.49. The van der Waals surface area contributed by atoms with E-state index < -0.39 is 0 Å². The summed E-state index contributed by atoms with van der Waals surface area (Å²) in [5.41, 5.74) is 0. The predicted octanol–water partition coefficient (Wildman–Crippen LogP) is 0.601. The number of ether oxygens (including phenoxy) is 1. The van der Waals surface area contributed by atoms with Crippen LogP contribution in [0.3, 0.4) is 0 Å². The van der Waals surface area contributed by atoms with Crippen molar-refractivity contribution in [3.05, 3.63) is 0 Å². The fourth-order valence-electron chi connectivity index (χ4n) is 1.01. The molecule has 1 saturated carbocycles. The first kappa shape index (κ1) is 9.74. The van der Waals surface area contributed by atoms with Gasteiger partial charge in [-0.15, -0.1) is 0 Å². The molecule has 12 heavy (non-hydrogen) atoms. The molecule has 0 saturated heterocycles. The van der Waals surface area contributed by atoms with E-state index in [9.17, 15) is 0 Å². The van der Waals surface area contributed by atoms with Crippen molar-refractivity contribution in [1.29, 1.82) is 0 Å². The molecular weight excluding hydrogens is 172 g/mol. The zero-order chi connectivity index (χ0) is 8.97. The fourth-order valence-corrected chi connectivity index (χ4v) is 1.26. The van der Waals surface area contributed by atoms with Crippen LogP contribution in [0, 0.1) is 0 Å². The lowest BCUT2D eigenvalue weighted by atomic mass is 10.6. The summed E-state index contributed by atoms with van der Waals surface area (Å²) in [5, 5.41) is 3.98. The monoisotopic (exact) mass is 188 g/mol. The third kappa shape index (κ3) is 2.95. The number of nitrogens with zero attached hydrogens (tertiary/aromatic N) is 1. The van der Waals surface area contributed by atoms with Crippen LogP contribution >= 0.6 is 12.2 Å². The second kappa shape index (κ2) is 4.62. The Morgan fingerprint density at radius 3 is 2.83 bits per heavy atom. The van der Waals surface area contributed by atoms with Gasteiger partial charge >= 0.3 is 0 Å². The number of thiocarbonyl (C=S) groups is 1. The summed E-state index contributed by atoms with van der Waals surface area (Å²) in [5.74, 6) is 0. The molecule has 0 atom stereocenters. The molecule has 0 bridgehead atoms. The van der Waals surface area contributed by atoms with Crippen molar-refractivity contribution in [2.45, 2.75) is 18.9 Å². The maximum atomic E-state index is 5.17. The highest BCUT2D eigenvalue weighted by Gasteiger charge is 2.27. The third-order valence-electron chi connectivity index (χ3n) is 2.00. The SMILES string of the molecule is COCCNC(=S)N(C)C1CC1. The zero-order valence-electron chi connectivity index (χ0n) is 7.67. The topological polar surface area (TPSA) is 24.5 Å². The minimum Gasteiger partial charge on any atom is -0.383 e. The van der Waals surface area contributed by atoms with Crippen molar-refractivity contribution in [2.24, 2.45) is 0 Å². The third-order valence-corrected chi connectivity index (χ3v) is 2.43. The van der Waals surface area contributed by atoms with E-state index in [-0.39, 0.29) is 0 Å². The molecule has 1 rings (SSSR count). The van der Waals surface area contributed by atoms with Crippen molar-refractivity contribution < 1.29 is 4.74 Å². The molecule has 0 aromatic rings. The molecule has 3 nitrogen and oxygen atoms in total. The lowest BCUT2D eigenvalue weighted by Crippen LogP contribution is -2.39. The standard InChI is InChI=1S/C8H16N2OS/c1-10(7-3-4-7)8(12)9-5-6-11-2/h7H,3-6H2,1-2H3,(H,9,12). The van der Waals surface area contributed by atoms with Crippen molar-refractivity contribution >= 4 is 17.3 Å². The summed E-state index contributed by atoms with van der Waals surface area (Å²) in [7, 11) is 3.73. The lowest BCUT2D eigenvalue weighted by Gasteiger charge is -2.20. The maximum absolute atomic E-state index is 5.17. The summed E-state index contributed by atoms with van der Waals surface area (Å²) in [4.78, 5) is 2.13. The molecule has 1 aliphatic carbocycles. The smallest absolute Gasteiger partial charge is 0.169 e. The van der Waals surface area contributed by atoms with Gasteiger partial charge in [-0.1, -0.05) is 0 Å². The molecule has 0 heterocycles. The Kier molecular flexibility index (Phi) is 3.75. The van der Waals surface area contributed by atoms with E-state index in [0.29, 0.717) is 12.6 Å². The Morgan fingerprint density at radius 1 is 1.67 bits per heavy atom. The van der Waals surface area contributed by atoms with E-state index in [2.05, 4.69) is 10.2 Å². The average molecular weight is 188 g/mol. The highest BCUT2D eigenvalue weighted by Crippen LogP contribution is 2.25. The molecule has 0 spiro atoms. The van der Waals surface area contributed by atoms with Crippen LogP contribution in [-0.2, 0) is 4.74 Å². The number of methoxy groups -OCH3 is 1. The van der Waals surface area contributed by atoms with E-state index in [1.807, 2.05) is 7.05 Å². The van der Waals surface area contributed by atoms with Crippen LogP contribution in [0.5, 0.6) is 0 Å². The van der Waals surface area contributed by atoms with E-state index in [1.165, 1.54) is 12.8 Å². The molecule has 0 unspecified atom stereocenters. The van der Waals surface area contributed by atoms with Crippen LogP contribution in [0.1, 0.15) is 12.8 Å². The van der Waals surface area contributed by atoms with Gasteiger partial charge in [0, 0.05) is 26.7 Å². The second-order valence-electron chi connectivity index (χ2n) is 3.07. The number of hydrogen-bond donors (Lipinski definition) is 1. The van der Waals surface area contributed by atoms with Crippen molar-refractivity contribution in [3.63, 3.8) is 0 Å². The van der Waals surface area contributed by atoms with Gasteiger partial charge in [-0.3, -0.25) is 0 Å². The van der Waals surface area contributed by atoms with Crippen LogP contribution in [-0.4, -0.2) is 43.4 Å². The van der Waals surface area contributed by atoms with Crippen LogP contribution in [0.25, 0.3) is 0 Å². The molecule has 1 N–H and O–H groups in total. The summed E-state index contributed by atoms with van der Waals surface area (Å²) < 4.78 is 4.91. The minimum atomic E-state index is 0.688. The largest absolute Gasteiger partial charge is 0.383 e. The molecule has 70 valence electrons. The van der Waals surface area contributed by atoms with Crippen LogP contribution in [0.4, 0.5) is 0 Å². The molecular formula is C8H16N2OS. The van der Waals surface area contributed by atoms with Gasteiger partial charge in [0.1, 0.15) is 0 Å².